The molecule has 132 valence electrons. The molecule has 0 spiro atoms. The van der Waals surface area contributed by atoms with Crippen LogP contribution in [0.15, 0.2) is 48.3 Å². The van der Waals surface area contributed by atoms with Crippen LogP contribution in [0.4, 0.5) is 0 Å². The first-order valence-corrected chi connectivity index (χ1v) is 8.12. The fourth-order valence-corrected chi connectivity index (χ4v) is 3.23. The number of likely N-dealkylation sites (tertiary alicyclic amines) is 1. The van der Waals surface area contributed by atoms with Crippen LogP contribution in [0.5, 0.6) is 11.5 Å². The number of ketones is 1. The van der Waals surface area contributed by atoms with E-state index >= 15 is 0 Å². The summed E-state index contributed by atoms with van der Waals surface area (Å²) in [6.07, 6.45) is 3.16. The predicted molar refractivity (Wildman–Crippen MR) is 91.7 cm³/mol. The van der Waals surface area contributed by atoms with Gasteiger partial charge in [0.05, 0.1) is 11.6 Å². The van der Waals surface area contributed by atoms with E-state index in [1.54, 1.807) is 42.7 Å². The Morgan fingerprint density at radius 1 is 1.12 bits per heavy atom. The SMILES string of the molecule is CN1C(=O)C(=O)/C(=C(/O)c2ccc3c(c2)OCCO3)C1c1ccncc1. The van der Waals surface area contributed by atoms with Gasteiger partial charge in [0.2, 0.25) is 0 Å². The van der Waals surface area contributed by atoms with E-state index in [9.17, 15) is 14.7 Å². The Morgan fingerprint density at radius 3 is 2.54 bits per heavy atom. The van der Waals surface area contributed by atoms with Gasteiger partial charge in [-0.2, -0.15) is 0 Å². The quantitative estimate of drug-likeness (QED) is 0.504. The standard InChI is InChI=1S/C19H16N2O5/c1-21-16(11-4-6-20-7-5-11)15(18(23)19(21)24)17(22)12-2-3-13-14(10-12)26-9-8-25-13/h2-7,10,16,22H,8-9H2,1H3/b17-15+. The third kappa shape index (κ3) is 2.48. The lowest BCUT2D eigenvalue weighted by molar-refractivity contribution is -0.139. The van der Waals surface area contributed by atoms with Crippen molar-refractivity contribution < 1.29 is 24.2 Å². The number of likely N-dealkylation sites (N-methyl/N-ethyl adjacent to an activating group) is 1. The Hall–Kier alpha value is -3.35. The van der Waals surface area contributed by atoms with Crippen LogP contribution in [0.25, 0.3) is 5.76 Å². The summed E-state index contributed by atoms with van der Waals surface area (Å²) < 4.78 is 11.0. The number of aliphatic hydroxyl groups excluding tert-OH is 1. The summed E-state index contributed by atoms with van der Waals surface area (Å²) >= 11 is 0. The summed E-state index contributed by atoms with van der Waals surface area (Å²) in [5.74, 6) is -0.556. The highest BCUT2D eigenvalue weighted by molar-refractivity contribution is 6.46. The highest BCUT2D eigenvalue weighted by Crippen LogP contribution is 2.40. The van der Waals surface area contributed by atoms with Gasteiger partial charge in [0.15, 0.2) is 11.5 Å². The number of benzene rings is 1. The van der Waals surface area contributed by atoms with Gasteiger partial charge in [0.25, 0.3) is 11.7 Å². The summed E-state index contributed by atoms with van der Waals surface area (Å²) in [5.41, 5.74) is 1.13. The van der Waals surface area contributed by atoms with Gasteiger partial charge in [-0.3, -0.25) is 14.6 Å². The molecule has 1 saturated heterocycles. The number of ether oxygens (including phenoxy) is 2. The number of amides is 1. The number of Topliss-reactive ketones (excluding diaryl/α,β-unsaturated/α-hetero) is 1. The molecule has 1 N–H and O–H groups in total. The topological polar surface area (TPSA) is 89.0 Å². The average Bonchev–Trinajstić information content (AvgIpc) is 2.91. The number of hydrogen-bond donors (Lipinski definition) is 1. The third-order valence-electron chi connectivity index (χ3n) is 4.51. The third-order valence-corrected chi connectivity index (χ3v) is 4.51. The number of rotatable bonds is 2. The molecule has 1 atom stereocenters. The summed E-state index contributed by atoms with van der Waals surface area (Å²) in [7, 11) is 1.54. The Morgan fingerprint density at radius 2 is 1.81 bits per heavy atom. The first-order chi connectivity index (χ1) is 12.6. The molecule has 7 heteroatoms. The molecule has 1 unspecified atom stereocenters. The maximum absolute atomic E-state index is 12.5. The summed E-state index contributed by atoms with van der Waals surface area (Å²) in [4.78, 5) is 30.0. The van der Waals surface area contributed by atoms with Gasteiger partial charge in [-0.1, -0.05) is 0 Å². The Balaban J connectivity index is 1.84. The van der Waals surface area contributed by atoms with Gasteiger partial charge >= 0.3 is 0 Å². The molecular weight excluding hydrogens is 336 g/mol. The number of carbonyl (C=O) groups excluding carboxylic acids is 2. The predicted octanol–water partition coefficient (Wildman–Crippen LogP) is 1.90. The molecule has 0 saturated carbocycles. The average molecular weight is 352 g/mol. The van der Waals surface area contributed by atoms with Crippen molar-refractivity contribution in [3.05, 3.63) is 59.4 Å². The van der Waals surface area contributed by atoms with Gasteiger partial charge in [-0.15, -0.1) is 0 Å². The van der Waals surface area contributed by atoms with E-state index in [4.69, 9.17) is 9.47 Å². The minimum atomic E-state index is -0.721. The highest BCUT2D eigenvalue weighted by atomic mass is 16.6. The lowest BCUT2D eigenvalue weighted by Gasteiger charge is -2.21. The molecule has 0 bridgehead atoms. The molecule has 26 heavy (non-hydrogen) atoms. The van der Waals surface area contributed by atoms with Crippen molar-refractivity contribution in [2.45, 2.75) is 6.04 Å². The highest BCUT2D eigenvalue weighted by Gasteiger charge is 2.44. The van der Waals surface area contributed by atoms with Crippen molar-refractivity contribution in [1.29, 1.82) is 0 Å². The summed E-state index contributed by atoms with van der Waals surface area (Å²) in [5, 5.41) is 10.8. The van der Waals surface area contributed by atoms with Gasteiger partial charge in [-0.25, -0.2) is 0 Å². The van der Waals surface area contributed by atoms with Crippen molar-refractivity contribution in [2.24, 2.45) is 0 Å². The molecule has 1 aromatic carbocycles. The first kappa shape index (κ1) is 16.1. The Labute approximate surface area is 149 Å². The van der Waals surface area contributed by atoms with E-state index in [2.05, 4.69) is 4.98 Å². The minimum Gasteiger partial charge on any atom is -0.507 e. The number of aromatic nitrogens is 1. The largest absolute Gasteiger partial charge is 0.507 e. The van der Waals surface area contributed by atoms with Crippen molar-refractivity contribution in [3.63, 3.8) is 0 Å². The number of pyridine rings is 1. The van der Waals surface area contributed by atoms with Crippen LogP contribution in [-0.2, 0) is 9.59 Å². The Kier molecular flexibility index (Phi) is 3.84. The normalized spacial score (nSPS) is 21.1. The van der Waals surface area contributed by atoms with E-state index in [0.717, 1.165) is 0 Å². The first-order valence-electron chi connectivity index (χ1n) is 8.12. The van der Waals surface area contributed by atoms with Gasteiger partial charge in [0, 0.05) is 25.0 Å². The zero-order chi connectivity index (χ0) is 18.3. The lowest BCUT2D eigenvalue weighted by Crippen LogP contribution is -2.24. The number of nitrogens with zero attached hydrogens (tertiary/aromatic N) is 2. The molecule has 0 radical (unpaired) electrons. The summed E-state index contributed by atoms with van der Waals surface area (Å²) in [6, 6.07) is 7.67. The van der Waals surface area contributed by atoms with E-state index < -0.39 is 17.7 Å². The minimum absolute atomic E-state index is 0.0420. The van der Waals surface area contributed by atoms with Gasteiger partial charge in [-0.05, 0) is 35.9 Å². The molecule has 2 aliphatic rings. The van der Waals surface area contributed by atoms with Crippen molar-refractivity contribution in [1.82, 2.24) is 9.88 Å². The van der Waals surface area contributed by atoms with E-state index in [1.807, 2.05) is 0 Å². The second-order valence-electron chi connectivity index (χ2n) is 6.05. The lowest BCUT2D eigenvalue weighted by atomic mass is 9.96. The summed E-state index contributed by atoms with van der Waals surface area (Å²) in [6.45, 7) is 0.870. The zero-order valence-corrected chi connectivity index (χ0v) is 14.0. The van der Waals surface area contributed by atoms with E-state index in [0.29, 0.717) is 35.8 Å². The van der Waals surface area contributed by atoms with E-state index in [1.165, 1.54) is 11.9 Å². The molecule has 7 nitrogen and oxygen atoms in total. The van der Waals surface area contributed by atoms with Crippen LogP contribution in [0.2, 0.25) is 0 Å². The van der Waals surface area contributed by atoms with Crippen LogP contribution in [0.1, 0.15) is 17.2 Å². The second kappa shape index (κ2) is 6.18. The van der Waals surface area contributed by atoms with Crippen LogP contribution < -0.4 is 9.47 Å². The van der Waals surface area contributed by atoms with Crippen molar-refractivity contribution in [2.75, 3.05) is 20.3 Å². The molecule has 1 fully saturated rings. The molecule has 0 aliphatic carbocycles. The smallest absolute Gasteiger partial charge is 0.295 e. The maximum Gasteiger partial charge on any atom is 0.295 e. The van der Waals surface area contributed by atoms with Crippen LogP contribution in [0, 0.1) is 0 Å². The van der Waals surface area contributed by atoms with Crippen LogP contribution in [0.3, 0.4) is 0 Å². The van der Waals surface area contributed by atoms with Crippen molar-refractivity contribution >= 4 is 17.4 Å². The number of aliphatic hydroxyl groups is 1. The molecule has 1 aromatic heterocycles. The fourth-order valence-electron chi connectivity index (χ4n) is 3.23. The second-order valence-corrected chi connectivity index (χ2v) is 6.05. The Bertz CT molecular complexity index is 923. The number of hydrogen-bond acceptors (Lipinski definition) is 6. The number of carbonyl (C=O) groups is 2. The monoisotopic (exact) mass is 352 g/mol. The molecular formula is C19H16N2O5. The fraction of sp³-hybridized carbons (Fsp3) is 0.211. The van der Waals surface area contributed by atoms with E-state index in [-0.39, 0.29) is 11.3 Å². The zero-order valence-electron chi connectivity index (χ0n) is 14.0. The molecule has 2 aliphatic heterocycles. The van der Waals surface area contributed by atoms with Crippen molar-refractivity contribution in [3.8, 4) is 11.5 Å². The molecule has 3 heterocycles. The van der Waals surface area contributed by atoms with Gasteiger partial charge in [0.1, 0.15) is 19.0 Å². The maximum atomic E-state index is 12.5. The van der Waals surface area contributed by atoms with Crippen LogP contribution in [-0.4, -0.2) is 46.9 Å². The van der Waals surface area contributed by atoms with Crippen LogP contribution >= 0.6 is 0 Å². The molecule has 1 amide bonds. The number of fused-ring (bicyclic) bond motifs is 1. The molecule has 2 aromatic rings. The van der Waals surface area contributed by atoms with Gasteiger partial charge < -0.3 is 19.5 Å². The molecule has 4 rings (SSSR count).